The third-order valence-electron chi connectivity index (χ3n) is 4.01. The molecule has 1 aromatic carbocycles. The molecule has 0 aromatic heterocycles. The van der Waals surface area contributed by atoms with E-state index in [1.54, 1.807) is 6.07 Å². The van der Waals surface area contributed by atoms with Crippen LogP contribution >= 0.6 is 0 Å². The van der Waals surface area contributed by atoms with Gasteiger partial charge >= 0.3 is 7.12 Å². The molecule has 1 N–H and O–H groups in total. The highest BCUT2D eigenvalue weighted by Gasteiger charge is 2.51. The first kappa shape index (κ1) is 15.3. The summed E-state index contributed by atoms with van der Waals surface area (Å²) in [7, 11) is -0.605. The lowest BCUT2D eigenvalue weighted by Crippen LogP contribution is -2.41. The Kier molecular flexibility index (Phi) is 3.82. The molecule has 3 nitrogen and oxygen atoms in total. The highest BCUT2D eigenvalue weighted by atomic mass is 19.3. The molecule has 0 amide bonds. The highest BCUT2D eigenvalue weighted by Crippen LogP contribution is 2.36. The van der Waals surface area contributed by atoms with Crippen molar-refractivity contribution in [1.82, 2.24) is 0 Å². The first-order valence-electron chi connectivity index (χ1n) is 6.58. The minimum absolute atomic E-state index is 0.155. The summed E-state index contributed by atoms with van der Waals surface area (Å²) in [4.78, 5) is 0. The molecule has 0 spiro atoms. The fourth-order valence-electron chi connectivity index (χ4n) is 2.05. The van der Waals surface area contributed by atoms with Crippen molar-refractivity contribution in [2.75, 3.05) is 0 Å². The summed E-state index contributed by atoms with van der Waals surface area (Å²) in [6.07, 6.45) is -2.95. The third-order valence-corrected chi connectivity index (χ3v) is 4.01. The van der Waals surface area contributed by atoms with Gasteiger partial charge in [0.05, 0.1) is 11.2 Å². The van der Waals surface area contributed by atoms with Gasteiger partial charge in [-0.15, -0.1) is 0 Å². The normalized spacial score (nSPS) is 20.6. The van der Waals surface area contributed by atoms with Gasteiger partial charge in [-0.1, -0.05) is 12.1 Å². The minimum Gasteiger partial charge on any atom is -0.508 e. The summed E-state index contributed by atoms with van der Waals surface area (Å²) < 4.78 is 36.4. The fourth-order valence-corrected chi connectivity index (χ4v) is 2.05. The van der Waals surface area contributed by atoms with Gasteiger partial charge < -0.3 is 14.4 Å². The van der Waals surface area contributed by atoms with E-state index in [-0.39, 0.29) is 11.3 Å². The molecule has 0 unspecified atom stereocenters. The number of hydrogen-bond donors (Lipinski definition) is 1. The summed E-state index contributed by atoms with van der Waals surface area (Å²) in [6, 6.07) is 4.57. The monoisotopic (exact) mass is 284 g/mol. The van der Waals surface area contributed by atoms with Crippen molar-refractivity contribution in [3.05, 3.63) is 23.8 Å². The van der Waals surface area contributed by atoms with Crippen LogP contribution in [0.25, 0.3) is 0 Å². The standard InChI is InChI=1S/C14H19BF2O3/c1-13(2)14(3,4)20-15(19-13)10-6-5-9(7-12(16)17)11(18)8-10/h5-6,8,12,18H,7H2,1-4H3. The van der Waals surface area contributed by atoms with E-state index in [0.717, 1.165) is 0 Å². The predicted molar refractivity (Wildman–Crippen MR) is 73.5 cm³/mol. The summed E-state index contributed by atoms with van der Waals surface area (Å²) in [6.45, 7) is 7.71. The second kappa shape index (κ2) is 5.00. The van der Waals surface area contributed by atoms with E-state index in [4.69, 9.17) is 9.31 Å². The van der Waals surface area contributed by atoms with Gasteiger partial charge in [0, 0.05) is 6.42 Å². The first-order valence-corrected chi connectivity index (χ1v) is 6.58. The van der Waals surface area contributed by atoms with Crippen LogP contribution in [-0.2, 0) is 15.7 Å². The maximum Gasteiger partial charge on any atom is 0.494 e. The largest absolute Gasteiger partial charge is 0.508 e. The Morgan fingerprint density at radius 3 is 2.15 bits per heavy atom. The minimum atomic E-state index is -2.48. The number of hydrogen-bond acceptors (Lipinski definition) is 3. The lowest BCUT2D eigenvalue weighted by molar-refractivity contribution is 0.00578. The maximum atomic E-state index is 12.3. The molecule has 0 atom stereocenters. The van der Waals surface area contributed by atoms with Crippen molar-refractivity contribution < 1.29 is 23.2 Å². The zero-order valence-corrected chi connectivity index (χ0v) is 12.1. The van der Waals surface area contributed by atoms with Gasteiger partial charge in [0.2, 0.25) is 6.43 Å². The lowest BCUT2D eigenvalue weighted by atomic mass is 9.78. The average molecular weight is 284 g/mol. The van der Waals surface area contributed by atoms with Gasteiger partial charge in [0.25, 0.3) is 0 Å². The summed E-state index contributed by atoms with van der Waals surface area (Å²) >= 11 is 0. The Labute approximate surface area is 118 Å². The quantitative estimate of drug-likeness (QED) is 0.867. The molecular weight excluding hydrogens is 265 g/mol. The topological polar surface area (TPSA) is 38.7 Å². The molecule has 0 aliphatic carbocycles. The molecule has 1 fully saturated rings. The number of rotatable bonds is 3. The van der Waals surface area contributed by atoms with Crippen LogP contribution in [0.5, 0.6) is 5.75 Å². The first-order chi connectivity index (χ1) is 9.12. The van der Waals surface area contributed by atoms with Crippen molar-refractivity contribution >= 4 is 12.6 Å². The maximum absolute atomic E-state index is 12.3. The molecule has 20 heavy (non-hydrogen) atoms. The molecule has 0 bridgehead atoms. The van der Waals surface area contributed by atoms with E-state index < -0.39 is 31.2 Å². The smallest absolute Gasteiger partial charge is 0.494 e. The molecule has 6 heteroatoms. The van der Waals surface area contributed by atoms with E-state index in [1.165, 1.54) is 12.1 Å². The van der Waals surface area contributed by atoms with Gasteiger partial charge in [-0.2, -0.15) is 0 Å². The molecule has 1 aliphatic heterocycles. The average Bonchev–Trinajstić information content (AvgIpc) is 2.50. The van der Waals surface area contributed by atoms with E-state index in [9.17, 15) is 13.9 Å². The van der Waals surface area contributed by atoms with Crippen LogP contribution in [0.1, 0.15) is 33.3 Å². The van der Waals surface area contributed by atoms with E-state index >= 15 is 0 Å². The molecule has 0 saturated carbocycles. The Morgan fingerprint density at radius 2 is 1.70 bits per heavy atom. The molecule has 0 radical (unpaired) electrons. The molecule has 1 aliphatic rings. The third kappa shape index (κ3) is 2.81. The molecule has 1 saturated heterocycles. The molecule has 2 rings (SSSR count). The summed E-state index contributed by atoms with van der Waals surface area (Å²) in [5.41, 5.74) is -0.108. The Bertz CT molecular complexity index is 487. The molecule has 1 aromatic rings. The van der Waals surface area contributed by atoms with Crippen molar-refractivity contribution in [2.45, 2.75) is 51.7 Å². The van der Waals surface area contributed by atoms with Gasteiger partial charge in [-0.05, 0) is 44.8 Å². The van der Waals surface area contributed by atoms with Crippen molar-refractivity contribution in [1.29, 1.82) is 0 Å². The Balaban J connectivity index is 2.22. The van der Waals surface area contributed by atoms with Crippen LogP contribution in [0.3, 0.4) is 0 Å². The second-order valence-corrected chi connectivity index (χ2v) is 6.07. The van der Waals surface area contributed by atoms with Gasteiger partial charge in [0.1, 0.15) is 5.75 Å². The molecule has 1 heterocycles. The SMILES string of the molecule is CC1(C)OB(c2ccc(CC(F)F)c(O)c2)OC1(C)C. The predicted octanol–water partition coefficient (Wildman–Crippen LogP) is 2.50. The molecular formula is C14H19BF2O3. The number of aromatic hydroxyl groups is 1. The van der Waals surface area contributed by atoms with Crippen LogP contribution in [0.2, 0.25) is 0 Å². The van der Waals surface area contributed by atoms with Crippen molar-refractivity contribution in [3.8, 4) is 5.75 Å². The van der Waals surface area contributed by atoms with Crippen LogP contribution < -0.4 is 5.46 Å². The number of alkyl halides is 2. The fraction of sp³-hybridized carbons (Fsp3) is 0.571. The van der Waals surface area contributed by atoms with Crippen molar-refractivity contribution in [3.63, 3.8) is 0 Å². The number of phenols is 1. The Hall–Kier alpha value is -1.14. The Morgan fingerprint density at radius 1 is 1.15 bits per heavy atom. The van der Waals surface area contributed by atoms with Crippen LogP contribution in [-0.4, -0.2) is 29.9 Å². The number of phenolic OH excluding ortho intramolecular Hbond substituents is 1. The van der Waals surface area contributed by atoms with Crippen molar-refractivity contribution in [2.24, 2.45) is 0 Å². The summed E-state index contributed by atoms with van der Waals surface area (Å²) in [5, 5.41) is 9.82. The van der Waals surface area contributed by atoms with Crippen LogP contribution in [0.4, 0.5) is 8.78 Å². The van der Waals surface area contributed by atoms with E-state index in [0.29, 0.717) is 5.46 Å². The van der Waals surface area contributed by atoms with Crippen LogP contribution in [0.15, 0.2) is 18.2 Å². The zero-order chi connectivity index (χ0) is 15.1. The van der Waals surface area contributed by atoms with E-state index in [1.807, 2.05) is 27.7 Å². The highest BCUT2D eigenvalue weighted by molar-refractivity contribution is 6.62. The lowest BCUT2D eigenvalue weighted by Gasteiger charge is -2.32. The summed E-state index contributed by atoms with van der Waals surface area (Å²) in [5.74, 6) is -0.155. The van der Waals surface area contributed by atoms with Gasteiger partial charge in [0.15, 0.2) is 0 Å². The number of benzene rings is 1. The van der Waals surface area contributed by atoms with E-state index in [2.05, 4.69) is 0 Å². The van der Waals surface area contributed by atoms with Crippen LogP contribution in [0, 0.1) is 0 Å². The van der Waals surface area contributed by atoms with Gasteiger partial charge in [-0.3, -0.25) is 0 Å². The van der Waals surface area contributed by atoms with Gasteiger partial charge in [-0.25, -0.2) is 8.78 Å². The zero-order valence-electron chi connectivity index (χ0n) is 12.1. The molecule has 110 valence electrons. The second-order valence-electron chi connectivity index (χ2n) is 6.07. The number of halogens is 2.